The van der Waals surface area contributed by atoms with Gasteiger partial charge in [0.25, 0.3) is 5.69 Å². The van der Waals surface area contributed by atoms with Crippen LogP contribution in [0.5, 0.6) is 0 Å². The molecule has 6 nitrogen and oxygen atoms in total. The first-order valence-electron chi connectivity index (χ1n) is 4.87. The number of non-ortho nitro benzene ring substituents is 1. The van der Waals surface area contributed by atoms with Crippen LogP contribution < -0.4 is 5.32 Å². The fourth-order valence-electron chi connectivity index (χ4n) is 1.39. The van der Waals surface area contributed by atoms with Crippen molar-refractivity contribution in [1.82, 2.24) is 9.78 Å². The molecule has 94 valence electrons. The smallest absolute Gasteiger partial charge is 0.272 e. The van der Waals surface area contributed by atoms with Crippen molar-refractivity contribution in [3.05, 3.63) is 44.6 Å². The minimum Gasteiger partial charge on any atom is -0.336 e. The van der Waals surface area contributed by atoms with Crippen LogP contribution in [-0.4, -0.2) is 14.7 Å². The summed E-state index contributed by atoms with van der Waals surface area (Å²) in [5.41, 5.74) is 0.235. The van der Waals surface area contributed by atoms with Crippen LogP contribution in [0.15, 0.2) is 24.4 Å². The number of aryl methyl sites for hydroxylation is 1. The number of hydrogen-bond donors (Lipinski definition) is 1. The summed E-state index contributed by atoms with van der Waals surface area (Å²) < 4.78 is 1.61. The minimum absolute atomic E-state index is 0.156. The molecule has 0 spiro atoms. The molecule has 0 aliphatic heterocycles. The molecule has 2 rings (SSSR count). The topological polar surface area (TPSA) is 73.0 Å². The number of nitro groups is 1. The van der Waals surface area contributed by atoms with Gasteiger partial charge in [0.1, 0.15) is 0 Å². The molecule has 0 saturated carbocycles. The van der Waals surface area contributed by atoms with Gasteiger partial charge in [0.15, 0.2) is 5.82 Å². The Morgan fingerprint density at radius 3 is 2.44 bits per heavy atom. The Balaban J connectivity index is 2.37. The number of halogens is 2. The van der Waals surface area contributed by atoms with Crippen molar-refractivity contribution >= 4 is 40.4 Å². The summed E-state index contributed by atoms with van der Waals surface area (Å²) in [6.45, 7) is 0. The van der Waals surface area contributed by atoms with Crippen molar-refractivity contribution < 1.29 is 4.92 Å². The summed E-state index contributed by atoms with van der Waals surface area (Å²) in [5.74, 6) is 0.551. The van der Waals surface area contributed by atoms with Crippen molar-refractivity contribution in [3.8, 4) is 0 Å². The second-order valence-electron chi connectivity index (χ2n) is 3.54. The maximum atomic E-state index is 10.6. The largest absolute Gasteiger partial charge is 0.336 e. The van der Waals surface area contributed by atoms with E-state index in [0.717, 1.165) is 0 Å². The first-order valence-corrected chi connectivity index (χ1v) is 5.63. The highest BCUT2D eigenvalue weighted by molar-refractivity contribution is 6.39. The van der Waals surface area contributed by atoms with Crippen LogP contribution in [0.3, 0.4) is 0 Å². The molecule has 0 aliphatic rings. The number of hydrogen-bond acceptors (Lipinski definition) is 4. The van der Waals surface area contributed by atoms with Crippen LogP contribution >= 0.6 is 23.2 Å². The van der Waals surface area contributed by atoms with E-state index in [1.807, 2.05) is 0 Å². The van der Waals surface area contributed by atoms with Crippen LogP contribution in [0.4, 0.5) is 17.2 Å². The predicted molar refractivity (Wildman–Crippen MR) is 69.6 cm³/mol. The minimum atomic E-state index is -0.553. The molecule has 0 saturated heterocycles. The van der Waals surface area contributed by atoms with Crippen molar-refractivity contribution in [2.24, 2.45) is 7.05 Å². The lowest BCUT2D eigenvalue weighted by Crippen LogP contribution is -1.96. The van der Waals surface area contributed by atoms with Crippen molar-refractivity contribution in [3.63, 3.8) is 0 Å². The van der Waals surface area contributed by atoms with Crippen LogP contribution in [-0.2, 0) is 7.05 Å². The third-order valence-electron chi connectivity index (χ3n) is 2.20. The van der Waals surface area contributed by atoms with Gasteiger partial charge in [-0.3, -0.25) is 14.8 Å². The Kier molecular flexibility index (Phi) is 3.40. The maximum absolute atomic E-state index is 10.6. The molecule has 1 heterocycles. The molecule has 1 aromatic heterocycles. The van der Waals surface area contributed by atoms with Crippen LogP contribution in [0.1, 0.15) is 0 Å². The molecule has 0 unspecified atom stereocenters. The second-order valence-corrected chi connectivity index (χ2v) is 4.36. The van der Waals surface area contributed by atoms with Crippen LogP contribution in [0, 0.1) is 10.1 Å². The zero-order valence-electron chi connectivity index (χ0n) is 9.22. The lowest BCUT2D eigenvalue weighted by molar-refractivity contribution is -0.384. The number of nitrogens with zero attached hydrogens (tertiary/aromatic N) is 3. The van der Waals surface area contributed by atoms with Gasteiger partial charge >= 0.3 is 0 Å². The summed E-state index contributed by atoms with van der Waals surface area (Å²) in [5, 5.41) is 18.0. The summed E-state index contributed by atoms with van der Waals surface area (Å²) in [6.07, 6.45) is 1.75. The van der Waals surface area contributed by atoms with Gasteiger partial charge in [-0.15, -0.1) is 0 Å². The van der Waals surface area contributed by atoms with Crippen LogP contribution in [0.25, 0.3) is 0 Å². The number of nitrogens with one attached hydrogen (secondary N) is 1. The van der Waals surface area contributed by atoms with E-state index < -0.39 is 4.92 Å². The summed E-state index contributed by atoms with van der Waals surface area (Å²) in [7, 11) is 1.77. The average molecular weight is 287 g/mol. The first kappa shape index (κ1) is 12.7. The van der Waals surface area contributed by atoms with Crippen LogP contribution in [0.2, 0.25) is 10.0 Å². The van der Waals surface area contributed by atoms with Crippen molar-refractivity contribution in [2.75, 3.05) is 5.32 Å². The fraction of sp³-hybridized carbons (Fsp3) is 0.100. The van der Waals surface area contributed by atoms with Gasteiger partial charge in [-0.2, -0.15) is 5.10 Å². The monoisotopic (exact) mass is 286 g/mol. The Bertz CT molecular complexity index is 589. The quantitative estimate of drug-likeness (QED) is 0.693. The van der Waals surface area contributed by atoms with Gasteiger partial charge in [-0.1, -0.05) is 23.2 Å². The van der Waals surface area contributed by atoms with Gasteiger partial charge in [0.05, 0.1) is 20.7 Å². The van der Waals surface area contributed by atoms with E-state index in [1.54, 1.807) is 24.0 Å². The van der Waals surface area contributed by atoms with Gasteiger partial charge in [0, 0.05) is 31.4 Å². The molecule has 0 atom stereocenters. The van der Waals surface area contributed by atoms with E-state index in [2.05, 4.69) is 10.4 Å². The first-order chi connectivity index (χ1) is 8.47. The molecule has 0 radical (unpaired) electrons. The molecule has 0 bridgehead atoms. The van der Waals surface area contributed by atoms with E-state index in [9.17, 15) is 10.1 Å². The Labute approximate surface area is 112 Å². The number of anilines is 2. The number of nitro benzene ring substituents is 1. The molecule has 0 amide bonds. The van der Waals surface area contributed by atoms with Gasteiger partial charge in [-0.25, -0.2) is 0 Å². The standard InChI is InChI=1S/C10H8Cl2N4O2/c1-15-3-2-9(14-15)13-10-7(11)4-6(16(17)18)5-8(10)12/h2-5H,1H3,(H,13,14). The van der Waals surface area contributed by atoms with Gasteiger partial charge in [0.2, 0.25) is 0 Å². The normalized spacial score (nSPS) is 10.4. The predicted octanol–water partition coefficient (Wildman–Crippen LogP) is 3.38. The van der Waals surface area contributed by atoms with E-state index in [4.69, 9.17) is 23.2 Å². The van der Waals surface area contributed by atoms with E-state index in [-0.39, 0.29) is 15.7 Å². The molecule has 0 fully saturated rings. The number of aromatic nitrogens is 2. The highest BCUT2D eigenvalue weighted by atomic mass is 35.5. The highest BCUT2D eigenvalue weighted by Crippen LogP contribution is 2.36. The molecule has 1 aromatic carbocycles. The summed E-state index contributed by atoms with van der Waals surface area (Å²) in [4.78, 5) is 10.1. The lowest BCUT2D eigenvalue weighted by atomic mass is 10.3. The second kappa shape index (κ2) is 4.83. The molecular weight excluding hydrogens is 279 g/mol. The Hall–Kier alpha value is -1.79. The molecule has 2 aromatic rings. The third kappa shape index (κ3) is 2.55. The van der Waals surface area contributed by atoms with E-state index >= 15 is 0 Å². The molecule has 8 heteroatoms. The summed E-state index contributed by atoms with van der Waals surface area (Å²) >= 11 is 11.9. The van der Waals surface area contributed by atoms with Crippen molar-refractivity contribution in [2.45, 2.75) is 0 Å². The summed E-state index contributed by atoms with van der Waals surface area (Å²) in [6, 6.07) is 4.20. The third-order valence-corrected chi connectivity index (χ3v) is 2.80. The fourth-order valence-corrected chi connectivity index (χ4v) is 1.96. The molecule has 18 heavy (non-hydrogen) atoms. The maximum Gasteiger partial charge on any atom is 0.272 e. The SMILES string of the molecule is Cn1ccc(Nc2c(Cl)cc([N+](=O)[O-])cc2Cl)n1. The molecule has 0 aliphatic carbocycles. The molecule has 1 N–H and O–H groups in total. The Morgan fingerprint density at radius 2 is 2.00 bits per heavy atom. The van der Waals surface area contributed by atoms with Crippen molar-refractivity contribution in [1.29, 1.82) is 0 Å². The van der Waals surface area contributed by atoms with E-state index in [1.165, 1.54) is 12.1 Å². The highest BCUT2D eigenvalue weighted by Gasteiger charge is 2.15. The number of benzene rings is 1. The van der Waals surface area contributed by atoms with E-state index in [0.29, 0.717) is 11.5 Å². The van der Waals surface area contributed by atoms with Gasteiger partial charge in [-0.05, 0) is 0 Å². The Morgan fingerprint density at radius 1 is 1.39 bits per heavy atom. The van der Waals surface area contributed by atoms with Gasteiger partial charge < -0.3 is 5.32 Å². The lowest BCUT2D eigenvalue weighted by Gasteiger charge is -2.07. The molecular formula is C10H8Cl2N4O2. The zero-order chi connectivity index (χ0) is 13.3. The zero-order valence-corrected chi connectivity index (χ0v) is 10.7. The average Bonchev–Trinajstić information content (AvgIpc) is 2.69. The number of rotatable bonds is 3.